The van der Waals surface area contributed by atoms with E-state index < -0.39 is 0 Å². The van der Waals surface area contributed by atoms with Gasteiger partial charge in [-0.1, -0.05) is 28.1 Å². The molecule has 1 aromatic rings. The average molecular weight is 254 g/mol. The van der Waals surface area contributed by atoms with E-state index in [1.165, 1.54) is 5.56 Å². The molecule has 1 atom stereocenters. The van der Waals surface area contributed by atoms with Crippen LogP contribution in [0.15, 0.2) is 28.7 Å². The van der Waals surface area contributed by atoms with E-state index in [1.807, 2.05) is 12.1 Å². The Morgan fingerprint density at radius 1 is 1.29 bits per heavy atom. The van der Waals surface area contributed by atoms with E-state index in [0.29, 0.717) is 6.42 Å². The first-order chi connectivity index (χ1) is 6.75. The first kappa shape index (κ1) is 9.71. The van der Waals surface area contributed by atoms with Crippen LogP contribution in [-0.2, 0) is 4.79 Å². The molecular weight excluding hydrogens is 242 g/mol. The Balaban J connectivity index is 2.14. The number of amides is 1. The highest BCUT2D eigenvalue weighted by atomic mass is 79.9. The van der Waals surface area contributed by atoms with Crippen LogP contribution in [0.2, 0.25) is 0 Å². The van der Waals surface area contributed by atoms with E-state index >= 15 is 0 Å². The van der Waals surface area contributed by atoms with E-state index in [0.717, 1.165) is 17.3 Å². The number of carbonyl (C=O) groups is 1. The predicted octanol–water partition coefficient (Wildman–Crippen LogP) is 2.79. The molecule has 0 aromatic heterocycles. The minimum Gasteiger partial charge on any atom is -0.349 e. The number of hydrogen-bond acceptors (Lipinski definition) is 1. The molecule has 3 heteroatoms. The molecule has 1 aliphatic rings. The van der Waals surface area contributed by atoms with Gasteiger partial charge >= 0.3 is 0 Å². The van der Waals surface area contributed by atoms with E-state index in [9.17, 15) is 4.79 Å². The Morgan fingerprint density at radius 2 is 2.00 bits per heavy atom. The van der Waals surface area contributed by atoms with Crippen LogP contribution in [-0.4, -0.2) is 5.91 Å². The van der Waals surface area contributed by atoms with Crippen LogP contribution in [0.3, 0.4) is 0 Å². The van der Waals surface area contributed by atoms with Gasteiger partial charge in [0, 0.05) is 10.9 Å². The van der Waals surface area contributed by atoms with E-state index in [1.54, 1.807) is 0 Å². The maximum absolute atomic E-state index is 11.2. The van der Waals surface area contributed by atoms with Crippen molar-refractivity contribution in [1.82, 2.24) is 5.32 Å². The third kappa shape index (κ3) is 2.15. The maximum atomic E-state index is 11.2. The fourth-order valence-corrected chi connectivity index (χ4v) is 2.01. The molecule has 1 aromatic carbocycles. The number of nitrogens with one attached hydrogen (secondary N) is 1. The van der Waals surface area contributed by atoms with Crippen LogP contribution in [0.1, 0.15) is 30.9 Å². The van der Waals surface area contributed by atoms with Gasteiger partial charge in [-0.05, 0) is 30.5 Å². The second-order valence-corrected chi connectivity index (χ2v) is 4.48. The van der Waals surface area contributed by atoms with Gasteiger partial charge in [0.05, 0.1) is 6.04 Å². The average Bonchev–Trinajstić information content (AvgIpc) is 2.19. The van der Waals surface area contributed by atoms with Crippen LogP contribution in [0.4, 0.5) is 0 Å². The summed E-state index contributed by atoms with van der Waals surface area (Å²) in [4.78, 5) is 11.2. The lowest BCUT2D eigenvalue weighted by Crippen LogP contribution is -2.32. The molecular formula is C11H12BrNO. The van der Waals surface area contributed by atoms with Gasteiger partial charge in [-0.15, -0.1) is 0 Å². The van der Waals surface area contributed by atoms with Crippen molar-refractivity contribution in [3.63, 3.8) is 0 Å². The van der Waals surface area contributed by atoms with Crippen molar-refractivity contribution in [2.45, 2.75) is 25.3 Å². The molecule has 0 aliphatic carbocycles. The molecule has 0 saturated carbocycles. The predicted molar refractivity (Wildman–Crippen MR) is 58.9 cm³/mol. The topological polar surface area (TPSA) is 29.1 Å². The van der Waals surface area contributed by atoms with Gasteiger partial charge in [0.2, 0.25) is 5.91 Å². The van der Waals surface area contributed by atoms with Gasteiger partial charge in [-0.25, -0.2) is 0 Å². The van der Waals surface area contributed by atoms with Crippen molar-refractivity contribution in [1.29, 1.82) is 0 Å². The summed E-state index contributed by atoms with van der Waals surface area (Å²) in [5, 5.41) is 3.00. The lowest BCUT2D eigenvalue weighted by molar-refractivity contribution is -0.123. The largest absolute Gasteiger partial charge is 0.349 e. The van der Waals surface area contributed by atoms with E-state index in [2.05, 4.69) is 33.4 Å². The maximum Gasteiger partial charge on any atom is 0.220 e. The summed E-state index contributed by atoms with van der Waals surface area (Å²) in [5.74, 6) is 0.171. The van der Waals surface area contributed by atoms with Gasteiger partial charge < -0.3 is 5.32 Å². The van der Waals surface area contributed by atoms with Crippen LogP contribution >= 0.6 is 15.9 Å². The number of rotatable bonds is 1. The van der Waals surface area contributed by atoms with Crippen LogP contribution in [0.25, 0.3) is 0 Å². The molecule has 0 spiro atoms. The highest BCUT2D eigenvalue weighted by molar-refractivity contribution is 9.10. The second-order valence-electron chi connectivity index (χ2n) is 3.56. The van der Waals surface area contributed by atoms with Gasteiger partial charge in [0.15, 0.2) is 0 Å². The van der Waals surface area contributed by atoms with Crippen molar-refractivity contribution < 1.29 is 4.79 Å². The molecule has 1 saturated heterocycles. The van der Waals surface area contributed by atoms with Crippen LogP contribution < -0.4 is 5.32 Å². The van der Waals surface area contributed by atoms with Gasteiger partial charge in [-0.3, -0.25) is 4.79 Å². The highest BCUT2D eigenvalue weighted by Gasteiger charge is 2.18. The third-order valence-electron chi connectivity index (χ3n) is 2.50. The van der Waals surface area contributed by atoms with E-state index in [-0.39, 0.29) is 11.9 Å². The quantitative estimate of drug-likeness (QED) is 0.820. The standard InChI is InChI=1S/C11H12BrNO/c12-9-6-4-8(5-7-9)10-2-1-3-11(14)13-10/h4-7,10H,1-3H2,(H,13,14). The normalized spacial score (nSPS) is 21.8. The summed E-state index contributed by atoms with van der Waals surface area (Å²) in [6.07, 6.45) is 2.72. The molecule has 74 valence electrons. The number of carbonyl (C=O) groups excluding carboxylic acids is 1. The zero-order chi connectivity index (χ0) is 9.97. The first-order valence-electron chi connectivity index (χ1n) is 4.80. The number of benzene rings is 1. The zero-order valence-electron chi connectivity index (χ0n) is 7.79. The van der Waals surface area contributed by atoms with Crippen LogP contribution in [0.5, 0.6) is 0 Å². The summed E-state index contributed by atoms with van der Waals surface area (Å²) < 4.78 is 1.07. The van der Waals surface area contributed by atoms with Crippen molar-refractivity contribution in [2.75, 3.05) is 0 Å². The first-order valence-corrected chi connectivity index (χ1v) is 5.60. The number of piperidine rings is 1. The van der Waals surface area contributed by atoms with Crippen molar-refractivity contribution in [3.8, 4) is 0 Å². The molecule has 1 amide bonds. The Hall–Kier alpha value is -0.830. The molecule has 1 unspecified atom stereocenters. The van der Waals surface area contributed by atoms with Crippen molar-refractivity contribution in [3.05, 3.63) is 34.3 Å². The van der Waals surface area contributed by atoms with E-state index in [4.69, 9.17) is 0 Å². The zero-order valence-corrected chi connectivity index (χ0v) is 9.38. The molecule has 1 heterocycles. The third-order valence-corrected chi connectivity index (χ3v) is 3.03. The Labute approximate surface area is 91.8 Å². The fourth-order valence-electron chi connectivity index (χ4n) is 1.75. The molecule has 1 N–H and O–H groups in total. The molecule has 14 heavy (non-hydrogen) atoms. The Kier molecular flexibility index (Phi) is 2.87. The summed E-state index contributed by atoms with van der Waals surface area (Å²) in [6, 6.07) is 8.34. The smallest absolute Gasteiger partial charge is 0.220 e. The minimum atomic E-state index is 0.171. The summed E-state index contributed by atoms with van der Waals surface area (Å²) >= 11 is 3.39. The summed E-state index contributed by atoms with van der Waals surface area (Å²) in [5.41, 5.74) is 1.20. The van der Waals surface area contributed by atoms with Crippen LogP contribution in [0, 0.1) is 0 Å². The summed E-state index contributed by atoms with van der Waals surface area (Å²) in [6.45, 7) is 0. The SMILES string of the molecule is O=C1CCCC(c2ccc(Br)cc2)N1. The van der Waals surface area contributed by atoms with Crippen molar-refractivity contribution >= 4 is 21.8 Å². The summed E-state index contributed by atoms with van der Waals surface area (Å²) in [7, 11) is 0. The highest BCUT2D eigenvalue weighted by Crippen LogP contribution is 2.24. The molecule has 1 fully saturated rings. The van der Waals surface area contributed by atoms with Gasteiger partial charge in [-0.2, -0.15) is 0 Å². The Morgan fingerprint density at radius 3 is 2.64 bits per heavy atom. The Bertz CT molecular complexity index is 334. The molecule has 1 aliphatic heterocycles. The molecule has 0 radical (unpaired) electrons. The van der Waals surface area contributed by atoms with Crippen molar-refractivity contribution in [2.24, 2.45) is 0 Å². The fraction of sp³-hybridized carbons (Fsp3) is 0.364. The van der Waals surface area contributed by atoms with Gasteiger partial charge in [0.25, 0.3) is 0 Å². The van der Waals surface area contributed by atoms with Gasteiger partial charge in [0.1, 0.15) is 0 Å². The number of halogens is 1. The monoisotopic (exact) mass is 253 g/mol. The lowest BCUT2D eigenvalue weighted by Gasteiger charge is -2.23. The molecule has 2 nitrogen and oxygen atoms in total. The molecule has 2 rings (SSSR count). The minimum absolute atomic E-state index is 0.171. The number of hydrogen-bond donors (Lipinski definition) is 1. The lowest BCUT2D eigenvalue weighted by atomic mass is 9.97. The second kappa shape index (κ2) is 4.13. The molecule has 0 bridgehead atoms.